The van der Waals surface area contributed by atoms with Crippen LogP contribution in [0.5, 0.6) is 0 Å². The van der Waals surface area contributed by atoms with Gasteiger partial charge in [0.05, 0.1) is 16.9 Å². The predicted octanol–water partition coefficient (Wildman–Crippen LogP) is 3.00. The van der Waals surface area contributed by atoms with E-state index in [0.717, 1.165) is 14.2 Å². The van der Waals surface area contributed by atoms with Crippen molar-refractivity contribution in [3.63, 3.8) is 0 Å². The number of anilines is 2. The molecule has 2 atom stereocenters. The number of nitrogens with one attached hydrogen (secondary N) is 1. The second-order valence-corrected chi connectivity index (χ2v) is 10.5. The molecule has 174 valence electrons. The number of amides is 1. The zero-order valence-electron chi connectivity index (χ0n) is 17.9. The summed E-state index contributed by atoms with van der Waals surface area (Å²) in [5.74, 6) is -3.70. The maximum Gasteiger partial charge on any atom is 0.327 e. The fourth-order valence-electron chi connectivity index (χ4n) is 4.25. The Morgan fingerprint density at radius 2 is 2.09 bits per heavy atom. The molecule has 1 saturated carbocycles. The summed E-state index contributed by atoms with van der Waals surface area (Å²) < 4.78 is 54.4. The molecule has 2 unspecified atom stereocenters. The van der Waals surface area contributed by atoms with Crippen LogP contribution in [0.1, 0.15) is 41.7 Å². The largest absolute Gasteiger partial charge is 0.349 e. The summed E-state index contributed by atoms with van der Waals surface area (Å²) in [5, 5.41) is 3.00. The first-order valence-corrected chi connectivity index (χ1v) is 12.1. The third-order valence-corrected chi connectivity index (χ3v) is 8.15. The third kappa shape index (κ3) is 3.94. The van der Waals surface area contributed by atoms with Crippen molar-refractivity contribution in [2.75, 3.05) is 22.2 Å². The molecule has 2 aromatic rings. The van der Waals surface area contributed by atoms with Crippen molar-refractivity contribution in [1.29, 1.82) is 0 Å². The van der Waals surface area contributed by atoms with Crippen LogP contribution in [0.15, 0.2) is 42.7 Å². The molecule has 0 saturated heterocycles. The molecular weight excluding hydrogens is 452 g/mol. The first-order chi connectivity index (χ1) is 15.7. The van der Waals surface area contributed by atoms with Gasteiger partial charge in [-0.05, 0) is 49.1 Å². The highest BCUT2D eigenvalue weighted by molar-refractivity contribution is 7.94. The van der Waals surface area contributed by atoms with Gasteiger partial charge in [0.1, 0.15) is 0 Å². The number of alkyl halides is 2. The quantitative estimate of drug-likeness (QED) is 0.717. The number of hydrogen-bond acceptors (Lipinski definition) is 5. The van der Waals surface area contributed by atoms with Crippen LogP contribution in [0.2, 0.25) is 0 Å². The van der Waals surface area contributed by atoms with E-state index in [2.05, 4.69) is 15.3 Å². The van der Waals surface area contributed by atoms with E-state index in [0.29, 0.717) is 36.2 Å². The first kappa shape index (κ1) is 21.7. The Morgan fingerprint density at radius 3 is 2.73 bits per heavy atom. The molecule has 2 aliphatic carbocycles. The number of hydrogen-bond donors (Lipinski definition) is 1. The van der Waals surface area contributed by atoms with Gasteiger partial charge in [-0.15, -0.1) is 0 Å². The van der Waals surface area contributed by atoms with Crippen LogP contribution in [0.4, 0.5) is 20.3 Å². The maximum atomic E-state index is 13.4. The lowest BCUT2D eigenvalue weighted by Crippen LogP contribution is -2.37. The van der Waals surface area contributed by atoms with E-state index in [9.17, 15) is 22.0 Å². The van der Waals surface area contributed by atoms with Crippen LogP contribution in [-0.2, 0) is 10.2 Å². The fraction of sp³-hybridized carbons (Fsp3) is 0.409. The van der Waals surface area contributed by atoms with Crippen molar-refractivity contribution in [1.82, 2.24) is 15.3 Å². The summed E-state index contributed by atoms with van der Waals surface area (Å²) in [4.78, 5) is 20.9. The van der Waals surface area contributed by atoms with Gasteiger partial charge >= 0.3 is 10.2 Å². The van der Waals surface area contributed by atoms with E-state index in [-0.39, 0.29) is 30.7 Å². The SMILES string of the molecule is CN1c2nc(C3=CCC(NC(=O)c4cccnc4)CC3)ccc2N(CC2CC2(F)F)S1(=O)=O. The van der Waals surface area contributed by atoms with Crippen molar-refractivity contribution >= 4 is 33.2 Å². The van der Waals surface area contributed by atoms with Crippen molar-refractivity contribution in [3.05, 3.63) is 54.0 Å². The zero-order valence-corrected chi connectivity index (χ0v) is 18.7. The van der Waals surface area contributed by atoms with Gasteiger partial charge in [-0.2, -0.15) is 8.42 Å². The summed E-state index contributed by atoms with van der Waals surface area (Å²) in [6.45, 7) is -0.255. The number of halogens is 2. The van der Waals surface area contributed by atoms with E-state index in [1.54, 1.807) is 30.5 Å². The minimum absolute atomic E-state index is 0.0189. The zero-order chi connectivity index (χ0) is 23.4. The average Bonchev–Trinajstić information content (AvgIpc) is 3.37. The summed E-state index contributed by atoms with van der Waals surface area (Å²) in [6.07, 6.45) is 6.83. The summed E-state index contributed by atoms with van der Waals surface area (Å²) in [5.41, 5.74) is 2.43. The number of aromatic nitrogens is 2. The van der Waals surface area contributed by atoms with Gasteiger partial charge < -0.3 is 5.32 Å². The Kier molecular flexibility index (Phi) is 5.11. The van der Waals surface area contributed by atoms with Gasteiger partial charge in [0, 0.05) is 44.4 Å². The summed E-state index contributed by atoms with van der Waals surface area (Å²) in [7, 11) is -2.54. The topological polar surface area (TPSA) is 95.5 Å². The molecule has 0 aromatic carbocycles. The van der Waals surface area contributed by atoms with Crippen molar-refractivity contribution < 1.29 is 22.0 Å². The fourth-order valence-corrected chi connectivity index (χ4v) is 5.66. The number of carbonyl (C=O) groups is 1. The third-order valence-electron chi connectivity index (χ3n) is 6.39. The molecule has 2 aromatic heterocycles. The minimum Gasteiger partial charge on any atom is -0.349 e. The lowest BCUT2D eigenvalue weighted by Gasteiger charge is -2.23. The smallest absolute Gasteiger partial charge is 0.327 e. The van der Waals surface area contributed by atoms with Gasteiger partial charge in [-0.25, -0.2) is 22.4 Å². The van der Waals surface area contributed by atoms with Gasteiger partial charge in [0.15, 0.2) is 5.82 Å². The molecule has 3 heterocycles. The van der Waals surface area contributed by atoms with E-state index < -0.39 is 22.0 Å². The molecule has 33 heavy (non-hydrogen) atoms. The summed E-state index contributed by atoms with van der Waals surface area (Å²) >= 11 is 0. The van der Waals surface area contributed by atoms with Crippen LogP contribution in [-0.4, -0.2) is 49.8 Å². The number of fused-ring (bicyclic) bond motifs is 1. The lowest BCUT2D eigenvalue weighted by atomic mass is 9.92. The molecule has 0 spiro atoms. The van der Waals surface area contributed by atoms with E-state index >= 15 is 0 Å². The standard InChI is InChI=1S/C22H23F2N5O3S/c1-28-20-19(29(33(28,31)32)13-16-11-22(16,23)24)9-8-18(27-20)14-4-6-17(7-5-14)26-21(30)15-3-2-10-25-12-15/h2-4,8-10,12,16-17H,5-7,11,13H2,1H3,(H,26,30). The minimum atomic E-state index is -3.93. The number of pyridine rings is 2. The number of carbonyl (C=O) groups excluding carboxylic acids is 1. The van der Waals surface area contributed by atoms with Gasteiger partial charge in [-0.1, -0.05) is 6.08 Å². The molecular formula is C22H23F2N5O3S. The Morgan fingerprint density at radius 1 is 1.30 bits per heavy atom. The highest BCUT2D eigenvalue weighted by atomic mass is 32.2. The van der Waals surface area contributed by atoms with E-state index in [1.807, 2.05) is 6.08 Å². The van der Waals surface area contributed by atoms with Crippen LogP contribution in [0, 0.1) is 5.92 Å². The Bertz CT molecular complexity index is 1240. The average molecular weight is 476 g/mol. The first-order valence-electron chi connectivity index (χ1n) is 10.7. The normalized spacial score (nSPS) is 24.8. The van der Waals surface area contributed by atoms with Crippen molar-refractivity contribution in [2.45, 2.75) is 37.6 Å². The van der Waals surface area contributed by atoms with Crippen LogP contribution >= 0.6 is 0 Å². The Balaban J connectivity index is 1.31. The van der Waals surface area contributed by atoms with Crippen LogP contribution < -0.4 is 13.9 Å². The van der Waals surface area contributed by atoms with E-state index in [1.165, 1.54) is 13.2 Å². The predicted molar refractivity (Wildman–Crippen MR) is 119 cm³/mol. The van der Waals surface area contributed by atoms with Crippen LogP contribution in [0.25, 0.3) is 5.57 Å². The molecule has 1 N–H and O–H groups in total. The molecule has 1 aliphatic heterocycles. The van der Waals surface area contributed by atoms with Gasteiger partial charge in [0.2, 0.25) is 0 Å². The molecule has 1 amide bonds. The van der Waals surface area contributed by atoms with Crippen molar-refractivity contribution in [3.8, 4) is 0 Å². The molecule has 5 rings (SSSR count). The monoisotopic (exact) mass is 475 g/mol. The maximum absolute atomic E-state index is 13.4. The molecule has 11 heteroatoms. The molecule has 8 nitrogen and oxygen atoms in total. The number of rotatable bonds is 5. The Hall–Kier alpha value is -3.08. The molecule has 0 bridgehead atoms. The second kappa shape index (κ2) is 7.75. The summed E-state index contributed by atoms with van der Waals surface area (Å²) in [6, 6.07) is 6.76. The molecule has 0 radical (unpaired) electrons. The van der Waals surface area contributed by atoms with Crippen LogP contribution in [0.3, 0.4) is 0 Å². The van der Waals surface area contributed by atoms with Crippen molar-refractivity contribution in [2.24, 2.45) is 5.92 Å². The lowest BCUT2D eigenvalue weighted by molar-refractivity contribution is 0.0933. The second-order valence-electron chi connectivity index (χ2n) is 8.62. The highest BCUT2D eigenvalue weighted by Gasteiger charge is 2.59. The Labute approximate surface area is 190 Å². The van der Waals surface area contributed by atoms with Gasteiger partial charge in [0.25, 0.3) is 11.8 Å². The van der Waals surface area contributed by atoms with Gasteiger partial charge in [-0.3, -0.25) is 9.78 Å². The molecule has 3 aliphatic rings. The van der Waals surface area contributed by atoms with E-state index in [4.69, 9.17) is 0 Å². The number of allylic oxidation sites excluding steroid dienone is 1. The number of nitrogens with zero attached hydrogens (tertiary/aromatic N) is 4. The highest BCUT2D eigenvalue weighted by Crippen LogP contribution is 2.51. The molecule has 1 fully saturated rings.